The van der Waals surface area contributed by atoms with E-state index in [2.05, 4.69) is 124 Å². The second kappa shape index (κ2) is 7.68. The molecule has 30 heavy (non-hydrogen) atoms. The molecular formula is C28H32N2+2. The average Bonchev–Trinajstić information content (AvgIpc) is 2.68. The standard InChI is InChI=1S/C28H32N2/c1-20-11-7-10-14-24(20)25-15-21(18-28(2,3)4)16-27(30(25)6)26-17-22-12-8-9-13-23(22)19-29(26)5/h7-17,19H,18H2,1-6H3/q+2. The van der Waals surface area contributed by atoms with Gasteiger partial charge in [0.05, 0.1) is 0 Å². The van der Waals surface area contributed by atoms with E-state index in [0.717, 1.165) is 6.42 Å². The molecule has 4 aromatic rings. The van der Waals surface area contributed by atoms with Crippen molar-refractivity contribution in [2.24, 2.45) is 19.5 Å². The maximum absolute atomic E-state index is 2.37. The van der Waals surface area contributed by atoms with Crippen LogP contribution in [0, 0.1) is 12.3 Å². The second-order valence-corrected chi connectivity index (χ2v) is 9.64. The maximum atomic E-state index is 2.37. The Bertz CT molecular complexity index is 1230. The van der Waals surface area contributed by atoms with Crippen molar-refractivity contribution in [1.29, 1.82) is 0 Å². The minimum Gasteiger partial charge on any atom is -0.195 e. The number of aromatic nitrogens is 2. The van der Waals surface area contributed by atoms with Gasteiger partial charge in [-0.05, 0) is 47.4 Å². The van der Waals surface area contributed by atoms with Gasteiger partial charge in [0.2, 0.25) is 5.69 Å². The first-order valence-corrected chi connectivity index (χ1v) is 10.7. The van der Waals surface area contributed by atoms with Crippen LogP contribution in [0.15, 0.2) is 72.9 Å². The number of pyridine rings is 2. The number of benzene rings is 2. The average molecular weight is 397 g/mol. The first kappa shape index (κ1) is 20.3. The molecule has 2 aromatic heterocycles. The third-order valence-corrected chi connectivity index (χ3v) is 5.79. The summed E-state index contributed by atoms with van der Waals surface area (Å²) in [6.45, 7) is 9.12. The lowest BCUT2D eigenvalue weighted by Crippen LogP contribution is -2.40. The molecule has 0 aliphatic rings. The lowest BCUT2D eigenvalue weighted by molar-refractivity contribution is -0.684. The predicted molar refractivity (Wildman–Crippen MR) is 125 cm³/mol. The molecular weight excluding hydrogens is 364 g/mol. The van der Waals surface area contributed by atoms with Gasteiger partial charge in [0.1, 0.15) is 14.1 Å². The second-order valence-electron chi connectivity index (χ2n) is 9.64. The highest BCUT2D eigenvalue weighted by Gasteiger charge is 2.27. The van der Waals surface area contributed by atoms with E-state index in [1.807, 2.05) is 0 Å². The SMILES string of the molecule is Cc1ccccc1-c1cc(CC(C)(C)C)cc(-c2cc3ccccc3c[n+]2C)[n+]1C. The number of aryl methyl sites for hydroxylation is 2. The van der Waals surface area contributed by atoms with Crippen molar-refractivity contribution in [3.63, 3.8) is 0 Å². The van der Waals surface area contributed by atoms with Crippen molar-refractivity contribution in [3.05, 3.63) is 84.1 Å². The summed E-state index contributed by atoms with van der Waals surface area (Å²) in [5.74, 6) is 0. The number of fused-ring (bicyclic) bond motifs is 1. The Morgan fingerprint density at radius 3 is 2.07 bits per heavy atom. The highest BCUT2D eigenvalue weighted by molar-refractivity contribution is 5.83. The summed E-state index contributed by atoms with van der Waals surface area (Å²) in [5, 5.41) is 2.53. The summed E-state index contributed by atoms with van der Waals surface area (Å²) in [4.78, 5) is 0. The van der Waals surface area contributed by atoms with Crippen LogP contribution in [-0.4, -0.2) is 0 Å². The van der Waals surface area contributed by atoms with E-state index in [1.54, 1.807) is 0 Å². The topological polar surface area (TPSA) is 7.76 Å². The monoisotopic (exact) mass is 396 g/mol. The quantitative estimate of drug-likeness (QED) is 0.391. The van der Waals surface area contributed by atoms with Gasteiger partial charge in [-0.15, -0.1) is 0 Å². The van der Waals surface area contributed by atoms with Crippen molar-refractivity contribution in [3.8, 4) is 22.6 Å². The smallest absolute Gasteiger partial charge is 0.195 e. The van der Waals surface area contributed by atoms with Crippen LogP contribution in [0.1, 0.15) is 31.9 Å². The van der Waals surface area contributed by atoms with Gasteiger partial charge in [0.25, 0.3) is 11.4 Å². The number of hydrogen-bond donors (Lipinski definition) is 0. The van der Waals surface area contributed by atoms with Crippen molar-refractivity contribution < 1.29 is 9.13 Å². The number of rotatable bonds is 3. The molecule has 2 aromatic carbocycles. The largest absolute Gasteiger partial charge is 0.277 e. The summed E-state index contributed by atoms with van der Waals surface area (Å²) in [6, 6.07) is 24.3. The van der Waals surface area contributed by atoms with E-state index < -0.39 is 0 Å². The van der Waals surface area contributed by atoms with Crippen molar-refractivity contribution >= 4 is 10.8 Å². The summed E-state index contributed by atoms with van der Waals surface area (Å²) in [7, 11) is 4.33. The van der Waals surface area contributed by atoms with Gasteiger partial charge < -0.3 is 0 Å². The zero-order valence-corrected chi connectivity index (χ0v) is 19.0. The molecule has 0 amide bonds. The zero-order valence-electron chi connectivity index (χ0n) is 19.0. The fourth-order valence-electron chi connectivity index (χ4n) is 4.34. The summed E-state index contributed by atoms with van der Waals surface area (Å²) < 4.78 is 4.60. The van der Waals surface area contributed by atoms with Gasteiger partial charge in [-0.1, -0.05) is 57.2 Å². The molecule has 0 saturated carbocycles. The Kier molecular flexibility index (Phi) is 5.19. The molecule has 0 saturated heterocycles. The minimum atomic E-state index is 0.228. The summed E-state index contributed by atoms with van der Waals surface area (Å²) >= 11 is 0. The van der Waals surface area contributed by atoms with Crippen molar-refractivity contribution in [2.75, 3.05) is 0 Å². The molecule has 2 nitrogen and oxygen atoms in total. The van der Waals surface area contributed by atoms with E-state index >= 15 is 0 Å². The van der Waals surface area contributed by atoms with Gasteiger partial charge in [0.15, 0.2) is 6.20 Å². The van der Waals surface area contributed by atoms with E-state index in [1.165, 1.54) is 44.5 Å². The van der Waals surface area contributed by atoms with Crippen LogP contribution >= 0.6 is 0 Å². The molecule has 0 radical (unpaired) electrons. The van der Waals surface area contributed by atoms with Crippen molar-refractivity contribution in [1.82, 2.24) is 0 Å². The van der Waals surface area contributed by atoms with Gasteiger partial charge >= 0.3 is 0 Å². The number of hydrogen-bond acceptors (Lipinski definition) is 0. The van der Waals surface area contributed by atoms with E-state index in [9.17, 15) is 0 Å². The highest BCUT2D eigenvalue weighted by atomic mass is 15.0. The summed E-state index contributed by atoms with van der Waals surface area (Å²) in [6.07, 6.45) is 3.27. The van der Waals surface area contributed by atoms with Crippen LogP contribution in [0.3, 0.4) is 0 Å². The Hall–Kier alpha value is -3.00. The minimum absolute atomic E-state index is 0.228. The molecule has 2 heterocycles. The van der Waals surface area contributed by atoms with Crippen LogP contribution in [-0.2, 0) is 20.5 Å². The Morgan fingerprint density at radius 1 is 0.733 bits per heavy atom. The van der Waals surface area contributed by atoms with Gasteiger partial charge in [-0.3, -0.25) is 0 Å². The van der Waals surface area contributed by atoms with Crippen LogP contribution in [0.5, 0.6) is 0 Å². The van der Waals surface area contributed by atoms with E-state index in [4.69, 9.17) is 0 Å². The molecule has 2 heteroatoms. The number of nitrogens with zero attached hydrogens (tertiary/aromatic N) is 2. The molecule has 0 bridgehead atoms. The molecule has 0 aliphatic heterocycles. The molecule has 152 valence electrons. The highest BCUT2D eigenvalue weighted by Crippen LogP contribution is 2.28. The molecule has 0 unspecified atom stereocenters. The lowest BCUT2D eigenvalue weighted by Gasteiger charge is -2.19. The van der Waals surface area contributed by atoms with Gasteiger partial charge in [-0.2, -0.15) is 9.13 Å². The van der Waals surface area contributed by atoms with Gasteiger partial charge in [-0.25, -0.2) is 0 Å². The third kappa shape index (κ3) is 4.00. The van der Waals surface area contributed by atoms with Gasteiger partial charge in [0, 0.05) is 29.1 Å². The lowest BCUT2D eigenvalue weighted by atomic mass is 9.87. The van der Waals surface area contributed by atoms with Crippen molar-refractivity contribution in [2.45, 2.75) is 34.1 Å². The molecule has 0 atom stereocenters. The molecule has 0 N–H and O–H groups in total. The Morgan fingerprint density at radius 2 is 1.37 bits per heavy atom. The molecule has 0 aliphatic carbocycles. The molecule has 0 fully saturated rings. The Labute approximate surface area is 180 Å². The Balaban J connectivity index is 2.00. The fourth-order valence-corrected chi connectivity index (χ4v) is 4.34. The van der Waals surface area contributed by atoms with E-state index in [-0.39, 0.29) is 5.41 Å². The maximum Gasteiger partial charge on any atom is 0.277 e. The van der Waals surface area contributed by atoms with E-state index in [0.29, 0.717) is 0 Å². The zero-order chi connectivity index (χ0) is 21.5. The first-order chi connectivity index (χ1) is 14.2. The predicted octanol–water partition coefficient (Wildman–Crippen LogP) is 5.72. The normalized spacial score (nSPS) is 11.8. The summed E-state index contributed by atoms with van der Waals surface area (Å²) in [5.41, 5.74) is 7.92. The fraction of sp³-hybridized carbons (Fsp3) is 0.286. The van der Waals surface area contributed by atoms with Crippen LogP contribution in [0.25, 0.3) is 33.4 Å². The van der Waals surface area contributed by atoms with Crippen LogP contribution in [0.4, 0.5) is 0 Å². The van der Waals surface area contributed by atoms with Crippen LogP contribution in [0.2, 0.25) is 0 Å². The third-order valence-electron chi connectivity index (χ3n) is 5.79. The molecule has 0 spiro atoms. The first-order valence-electron chi connectivity index (χ1n) is 10.7. The molecule has 4 rings (SSSR count). The van der Waals surface area contributed by atoms with Crippen LogP contribution < -0.4 is 9.13 Å².